The van der Waals surface area contributed by atoms with Crippen LogP contribution >= 0.6 is 0 Å². The van der Waals surface area contributed by atoms with Crippen molar-refractivity contribution in [1.82, 2.24) is 41.7 Å². The molecule has 490 valence electrons. The largest absolute Gasteiger partial charge is 0.507 e. The van der Waals surface area contributed by atoms with Gasteiger partial charge in [0.2, 0.25) is 0 Å². The molecular formula is C64H102N12O12. The molecule has 2 aliphatic carbocycles. The number of amides is 6. The fraction of sp³-hybridized carbons (Fsp3) is 0.625. The van der Waals surface area contributed by atoms with Crippen molar-refractivity contribution >= 4 is 35.4 Å². The van der Waals surface area contributed by atoms with Crippen molar-refractivity contribution in [3.8, 4) is 34.5 Å². The van der Waals surface area contributed by atoms with Gasteiger partial charge in [-0.1, -0.05) is 0 Å². The van der Waals surface area contributed by atoms with Crippen molar-refractivity contribution < 1.29 is 57.9 Å². The molecule has 0 radical (unpaired) electrons. The first-order chi connectivity index (χ1) is 42.5. The average molecular weight is 1230 g/mol. The number of nitrogens with two attached hydrogens (primary N) is 4. The van der Waals surface area contributed by atoms with Crippen LogP contribution in [0.3, 0.4) is 0 Å². The molecule has 2 saturated carbocycles. The van der Waals surface area contributed by atoms with Crippen LogP contribution in [0.2, 0.25) is 0 Å². The van der Waals surface area contributed by atoms with Gasteiger partial charge in [0.05, 0.1) is 59.8 Å². The summed E-state index contributed by atoms with van der Waals surface area (Å²) in [7, 11) is 7.63. The van der Waals surface area contributed by atoms with Gasteiger partial charge in [0.25, 0.3) is 35.4 Å². The third-order valence-corrected chi connectivity index (χ3v) is 15.7. The monoisotopic (exact) mass is 1230 g/mol. The number of aromatic hydroxyl groups is 2. The van der Waals surface area contributed by atoms with Gasteiger partial charge in [0, 0.05) is 68.5 Å². The van der Waals surface area contributed by atoms with Crippen molar-refractivity contribution in [2.75, 3.05) is 107 Å². The Morgan fingerprint density at radius 1 is 0.375 bits per heavy atom. The summed E-state index contributed by atoms with van der Waals surface area (Å²) >= 11 is 0. The lowest BCUT2D eigenvalue weighted by molar-refractivity contribution is 0.0882. The summed E-state index contributed by atoms with van der Waals surface area (Å²) in [4.78, 5) is 87.2. The Kier molecular flexibility index (Phi) is 31.9. The average Bonchev–Trinajstić information content (AvgIpc) is 1.26. The second-order valence-electron chi connectivity index (χ2n) is 23.5. The molecule has 0 aliphatic heterocycles. The highest BCUT2D eigenvalue weighted by molar-refractivity contribution is 6.05. The molecule has 24 nitrogen and oxygen atoms in total. The molecule has 0 unspecified atom stereocenters. The van der Waals surface area contributed by atoms with Crippen LogP contribution in [0.25, 0.3) is 0 Å². The maximum Gasteiger partial charge on any atom is 0.255 e. The highest BCUT2D eigenvalue weighted by Crippen LogP contribution is 2.34. The summed E-state index contributed by atoms with van der Waals surface area (Å²) in [5.74, 6) is -2.70. The first kappa shape index (κ1) is 71.8. The van der Waals surface area contributed by atoms with Crippen LogP contribution in [0.4, 0.5) is 0 Å². The lowest BCUT2D eigenvalue weighted by Gasteiger charge is -2.30. The minimum Gasteiger partial charge on any atom is -0.507 e. The van der Waals surface area contributed by atoms with Gasteiger partial charge in [-0.3, -0.25) is 28.8 Å². The molecule has 3 aromatic carbocycles. The predicted molar refractivity (Wildman–Crippen MR) is 340 cm³/mol. The fourth-order valence-corrected chi connectivity index (χ4v) is 10.5. The van der Waals surface area contributed by atoms with Gasteiger partial charge in [0.1, 0.15) is 34.5 Å². The van der Waals surface area contributed by atoms with E-state index in [1.165, 1.54) is 18.2 Å². The second-order valence-corrected chi connectivity index (χ2v) is 23.5. The molecule has 0 atom stereocenters. The molecule has 88 heavy (non-hydrogen) atoms. The Hall–Kier alpha value is -6.96. The summed E-state index contributed by atoms with van der Waals surface area (Å²) in [5.41, 5.74) is 23.2. The van der Waals surface area contributed by atoms with E-state index in [0.29, 0.717) is 166 Å². The Balaban J connectivity index is 1.20. The summed E-state index contributed by atoms with van der Waals surface area (Å²) in [6, 6.07) is 7.21. The molecule has 0 saturated heterocycles. The SMILES string of the molecule is CN(C)CCNC(=O)c1cc(C(=O)NC2CCC(NC(=O)c3cc(C(=O)N[C@H]4CC[C@H](NC(=O)c5cc(C(=O)NCCN(C)C)c(OCCCCCN)cc5OCCCCCN)CC4)c(O)cc3O)CC2)c(OCCCCCN)cc1OCCCCCN. The zero-order chi connectivity index (χ0) is 63.8. The van der Waals surface area contributed by atoms with Crippen LogP contribution in [-0.4, -0.2) is 187 Å². The quantitative estimate of drug-likeness (QED) is 0.0345. The minimum absolute atomic E-state index is 0.190. The second kappa shape index (κ2) is 39.1. The zero-order valence-electron chi connectivity index (χ0n) is 52.6. The predicted octanol–water partition coefficient (Wildman–Crippen LogP) is 4.65. The van der Waals surface area contributed by atoms with E-state index in [0.717, 1.165) is 70.3 Å². The van der Waals surface area contributed by atoms with Crippen LogP contribution in [0, 0.1) is 0 Å². The van der Waals surface area contributed by atoms with E-state index in [1.807, 2.05) is 38.0 Å². The third-order valence-electron chi connectivity index (χ3n) is 15.7. The Bertz CT molecular complexity index is 2500. The number of nitrogens with one attached hydrogen (secondary N) is 6. The van der Waals surface area contributed by atoms with E-state index in [2.05, 4.69) is 31.9 Å². The summed E-state index contributed by atoms with van der Waals surface area (Å²) < 4.78 is 24.7. The Morgan fingerprint density at radius 2 is 0.625 bits per heavy atom. The standard InChI is InChI=1S/C64H102N12O12/c1-75(2)31-29-69-59(79)49-38-51(57(87-35-15-7-11-27-67)41-55(49)85-33-13-5-9-25-65)63(83)73-45-21-17-43(18-22-45)71-61(81)47-37-48(54(78)40-53(47)77)62(82)72-44-19-23-46(24-20-44)74-64(84)52-39-50(60(80)70-30-32-76(3)4)56(86-34-14-6-10-26-66)42-58(52)88-36-16-8-12-28-68/h37-46,77-78H,5-36,65-68H2,1-4H3,(H,69,79)(H,70,80)(H,71,81)(H,72,82)(H,73,83)(H,74,84)/t43-,44?,45-,46?. The molecule has 0 aromatic heterocycles. The van der Waals surface area contributed by atoms with Crippen LogP contribution in [0.15, 0.2) is 36.4 Å². The number of ether oxygens (including phenoxy) is 4. The Labute approximate surface area is 520 Å². The van der Waals surface area contributed by atoms with Crippen molar-refractivity contribution in [2.45, 2.75) is 153 Å². The Morgan fingerprint density at radius 3 is 0.886 bits per heavy atom. The lowest BCUT2D eigenvalue weighted by Crippen LogP contribution is -2.44. The molecule has 6 amide bonds. The van der Waals surface area contributed by atoms with Gasteiger partial charge in [-0.05, 0) is 201 Å². The van der Waals surface area contributed by atoms with Crippen molar-refractivity contribution in [1.29, 1.82) is 0 Å². The maximum absolute atomic E-state index is 14.2. The molecule has 0 heterocycles. The zero-order valence-corrected chi connectivity index (χ0v) is 52.6. The van der Waals surface area contributed by atoms with Crippen molar-refractivity contribution in [3.63, 3.8) is 0 Å². The van der Waals surface area contributed by atoms with Gasteiger partial charge in [-0.2, -0.15) is 0 Å². The van der Waals surface area contributed by atoms with Gasteiger partial charge in [-0.25, -0.2) is 0 Å². The lowest BCUT2D eigenvalue weighted by atomic mass is 9.90. The van der Waals surface area contributed by atoms with Crippen LogP contribution < -0.4 is 73.8 Å². The van der Waals surface area contributed by atoms with E-state index in [1.54, 1.807) is 12.1 Å². The number of carbonyl (C=O) groups excluding carboxylic acids is 6. The molecule has 5 rings (SSSR count). The van der Waals surface area contributed by atoms with E-state index < -0.39 is 35.1 Å². The highest BCUT2D eigenvalue weighted by atomic mass is 16.5. The molecule has 2 fully saturated rings. The number of unbranched alkanes of at least 4 members (excludes halogenated alkanes) is 8. The fourth-order valence-electron chi connectivity index (χ4n) is 10.5. The van der Waals surface area contributed by atoms with Crippen LogP contribution in [-0.2, 0) is 0 Å². The van der Waals surface area contributed by atoms with Gasteiger partial charge >= 0.3 is 0 Å². The molecule has 16 N–H and O–H groups in total. The number of phenolic OH excluding ortho intramolecular Hbond substituents is 2. The van der Waals surface area contributed by atoms with Crippen LogP contribution in [0.5, 0.6) is 34.5 Å². The number of benzene rings is 3. The number of rotatable bonds is 40. The van der Waals surface area contributed by atoms with E-state index in [4.69, 9.17) is 41.9 Å². The van der Waals surface area contributed by atoms with Gasteiger partial charge < -0.3 is 93.8 Å². The summed E-state index contributed by atoms with van der Waals surface area (Å²) in [5, 5.41) is 39.9. The number of carbonyl (C=O) groups is 6. The molecule has 0 spiro atoms. The number of likely N-dealkylation sites (N-methyl/N-ethyl adjacent to an activating group) is 2. The molecule has 24 heteroatoms. The normalized spacial score (nSPS) is 16.6. The first-order valence-corrected chi connectivity index (χ1v) is 31.8. The molecule has 2 aliphatic rings. The van der Waals surface area contributed by atoms with Crippen molar-refractivity contribution in [3.05, 3.63) is 69.8 Å². The van der Waals surface area contributed by atoms with E-state index in [9.17, 15) is 39.0 Å². The number of phenols is 2. The summed E-state index contributed by atoms with van der Waals surface area (Å²) in [6.07, 6.45) is 13.5. The van der Waals surface area contributed by atoms with E-state index in [-0.39, 0.29) is 69.4 Å². The molecule has 3 aromatic rings. The molecular weight excluding hydrogens is 1130 g/mol. The minimum atomic E-state index is -0.640. The molecule has 0 bridgehead atoms. The topological polar surface area (TPSA) is 363 Å². The van der Waals surface area contributed by atoms with Gasteiger partial charge in [-0.15, -0.1) is 0 Å². The number of hydrogen-bond donors (Lipinski definition) is 12. The van der Waals surface area contributed by atoms with E-state index >= 15 is 0 Å². The van der Waals surface area contributed by atoms with Crippen LogP contribution in [0.1, 0.15) is 191 Å². The summed E-state index contributed by atoms with van der Waals surface area (Å²) in [6.45, 7) is 5.57. The first-order valence-electron chi connectivity index (χ1n) is 31.8. The number of hydrogen-bond acceptors (Lipinski definition) is 18. The number of nitrogens with zero attached hydrogens (tertiary/aromatic N) is 2. The van der Waals surface area contributed by atoms with Crippen molar-refractivity contribution in [2.24, 2.45) is 22.9 Å². The maximum atomic E-state index is 14.2. The third kappa shape index (κ3) is 24.2. The smallest absolute Gasteiger partial charge is 0.255 e. The van der Waals surface area contributed by atoms with Gasteiger partial charge in [0.15, 0.2) is 0 Å². The highest BCUT2D eigenvalue weighted by Gasteiger charge is 2.31.